The predicted octanol–water partition coefficient (Wildman–Crippen LogP) is 2.82. The summed E-state index contributed by atoms with van der Waals surface area (Å²) in [6.45, 7) is -0.178. The van der Waals surface area contributed by atoms with E-state index in [1.807, 2.05) is 6.07 Å². The first-order chi connectivity index (χ1) is 12.2. The normalized spacial score (nSPS) is 10.9. The Kier molecular flexibility index (Phi) is 3.87. The highest BCUT2D eigenvalue weighted by atomic mass is 32.1. The second-order valence-electron chi connectivity index (χ2n) is 5.18. The molecule has 0 unspecified atom stereocenters. The molecule has 0 atom stereocenters. The minimum absolute atomic E-state index is 0.178. The van der Waals surface area contributed by atoms with Crippen molar-refractivity contribution < 1.29 is 13.9 Å². The predicted molar refractivity (Wildman–Crippen MR) is 94.0 cm³/mol. The molecule has 25 heavy (non-hydrogen) atoms. The average Bonchev–Trinajstić information content (AvgIpc) is 3.02. The van der Waals surface area contributed by atoms with E-state index in [1.54, 1.807) is 36.5 Å². The Bertz CT molecular complexity index is 1140. The Balaban J connectivity index is 1.45. The Hall–Kier alpha value is -3.26. The molecule has 1 N–H and O–H groups in total. The molecule has 1 amide bonds. The topological polar surface area (TPSA) is 94.3 Å². The fraction of sp³-hybridized carbons (Fsp3) is 0.0588. The van der Waals surface area contributed by atoms with Gasteiger partial charge in [-0.2, -0.15) is 4.37 Å². The quantitative estimate of drug-likeness (QED) is 0.567. The molecule has 0 bridgehead atoms. The summed E-state index contributed by atoms with van der Waals surface area (Å²) in [6.07, 6.45) is 1.65. The number of amides is 1. The molecule has 8 heteroatoms. The van der Waals surface area contributed by atoms with E-state index >= 15 is 0 Å². The number of pyridine rings is 1. The van der Waals surface area contributed by atoms with Crippen molar-refractivity contribution in [2.24, 2.45) is 0 Å². The Morgan fingerprint density at radius 2 is 2.12 bits per heavy atom. The van der Waals surface area contributed by atoms with Gasteiger partial charge in [0.25, 0.3) is 5.91 Å². The number of nitrogens with zero attached hydrogens (tertiary/aromatic N) is 2. The van der Waals surface area contributed by atoms with Crippen LogP contribution < -0.4 is 15.7 Å². The van der Waals surface area contributed by atoms with Crippen LogP contribution in [0.15, 0.2) is 57.9 Å². The van der Waals surface area contributed by atoms with Gasteiger partial charge in [0.1, 0.15) is 16.3 Å². The number of aromatic nitrogens is 2. The van der Waals surface area contributed by atoms with Gasteiger partial charge in [0.15, 0.2) is 12.3 Å². The molecule has 0 saturated carbocycles. The molecular formula is C17H11N3O4S. The molecule has 0 spiro atoms. The summed E-state index contributed by atoms with van der Waals surface area (Å²) in [4.78, 5) is 27.5. The molecule has 0 aliphatic rings. The van der Waals surface area contributed by atoms with Gasteiger partial charge >= 0.3 is 5.63 Å². The van der Waals surface area contributed by atoms with E-state index in [4.69, 9.17) is 9.15 Å². The molecule has 7 nitrogen and oxygen atoms in total. The monoisotopic (exact) mass is 353 g/mol. The fourth-order valence-corrected chi connectivity index (χ4v) is 3.06. The van der Waals surface area contributed by atoms with Gasteiger partial charge in [-0.15, -0.1) is 0 Å². The highest BCUT2D eigenvalue weighted by molar-refractivity contribution is 7.12. The number of anilines is 1. The van der Waals surface area contributed by atoms with E-state index in [-0.39, 0.29) is 12.5 Å². The molecule has 0 saturated heterocycles. The van der Waals surface area contributed by atoms with Gasteiger partial charge in [0.05, 0.1) is 5.39 Å². The minimum atomic E-state index is -0.437. The lowest BCUT2D eigenvalue weighted by molar-refractivity contribution is -0.118. The van der Waals surface area contributed by atoms with Crippen LogP contribution in [0.2, 0.25) is 0 Å². The molecule has 0 fully saturated rings. The summed E-state index contributed by atoms with van der Waals surface area (Å²) >= 11 is 1.17. The average molecular weight is 353 g/mol. The maximum atomic E-state index is 12.1. The number of hydrogen-bond donors (Lipinski definition) is 1. The van der Waals surface area contributed by atoms with Crippen molar-refractivity contribution in [2.75, 3.05) is 11.9 Å². The van der Waals surface area contributed by atoms with E-state index in [2.05, 4.69) is 14.7 Å². The maximum Gasteiger partial charge on any atom is 0.336 e. The first-order valence-corrected chi connectivity index (χ1v) is 8.13. The van der Waals surface area contributed by atoms with Gasteiger partial charge in [-0.3, -0.25) is 4.79 Å². The number of ether oxygens (including phenoxy) is 1. The van der Waals surface area contributed by atoms with E-state index in [0.29, 0.717) is 22.0 Å². The molecule has 0 radical (unpaired) electrons. The lowest BCUT2D eigenvalue weighted by Gasteiger charge is -2.07. The highest BCUT2D eigenvalue weighted by Gasteiger charge is 2.11. The van der Waals surface area contributed by atoms with Crippen molar-refractivity contribution in [3.05, 3.63) is 59.1 Å². The zero-order valence-corrected chi connectivity index (χ0v) is 13.6. The third kappa shape index (κ3) is 3.20. The number of carbonyl (C=O) groups is 1. The van der Waals surface area contributed by atoms with Crippen LogP contribution >= 0.6 is 11.5 Å². The van der Waals surface area contributed by atoms with E-state index in [0.717, 1.165) is 10.8 Å². The molecular weight excluding hydrogens is 342 g/mol. The van der Waals surface area contributed by atoms with Crippen LogP contribution in [-0.2, 0) is 4.79 Å². The molecule has 1 aromatic carbocycles. The number of rotatable bonds is 4. The smallest absolute Gasteiger partial charge is 0.336 e. The first-order valence-electron chi connectivity index (χ1n) is 7.36. The van der Waals surface area contributed by atoms with Crippen LogP contribution in [0, 0.1) is 0 Å². The lowest BCUT2D eigenvalue weighted by atomic mass is 10.2. The maximum absolute atomic E-state index is 12.1. The number of carbonyl (C=O) groups excluding carboxylic acids is 1. The standard InChI is InChI=1S/C17H11N3O4S/c21-14(19-17-12-2-1-7-18-16(12)20-25-17)9-23-11-5-3-10-4-6-15(22)24-13(10)8-11/h1-8H,9H2,(H,19,21). The summed E-state index contributed by atoms with van der Waals surface area (Å²) in [5, 5.41) is 4.95. The second kappa shape index (κ2) is 6.33. The van der Waals surface area contributed by atoms with Crippen molar-refractivity contribution in [3.8, 4) is 5.75 Å². The molecule has 3 aromatic heterocycles. The third-order valence-electron chi connectivity index (χ3n) is 3.47. The van der Waals surface area contributed by atoms with Crippen molar-refractivity contribution in [1.82, 2.24) is 9.36 Å². The van der Waals surface area contributed by atoms with Crippen molar-refractivity contribution >= 4 is 44.4 Å². The zero-order chi connectivity index (χ0) is 17.2. The minimum Gasteiger partial charge on any atom is -0.484 e. The molecule has 4 rings (SSSR count). The SMILES string of the molecule is O=C(COc1ccc2ccc(=O)oc2c1)Nc1snc2ncccc12. The van der Waals surface area contributed by atoms with Crippen molar-refractivity contribution in [3.63, 3.8) is 0 Å². The Morgan fingerprint density at radius 3 is 3.04 bits per heavy atom. The first kappa shape index (κ1) is 15.3. The summed E-state index contributed by atoms with van der Waals surface area (Å²) in [5.74, 6) is 0.122. The number of fused-ring (bicyclic) bond motifs is 2. The summed E-state index contributed by atoms with van der Waals surface area (Å²) in [7, 11) is 0. The van der Waals surface area contributed by atoms with Crippen LogP contribution in [0.3, 0.4) is 0 Å². The van der Waals surface area contributed by atoms with Gasteiger partial charge < -0.3 is 14.5 Å². The number of hydrogen-bond acceptors (Lipinski definition) is 7. The largest absolute Gasteiger partial charge is 0.484 e. The lowest BCUT2D eigenvalue weighted by Crippen LogP contribution is -2.19. The van der Waals surface area contributed by atoms with Crippen LogP contribution in [0.25, 0.3) is 22.0 Å². The summed E-state index contributed by atoms with van der Waals surface area (Å²) < 4.78 is 14.7. The molecule has 0 aliphatic carbocycles. The van der Waals surface area contributed by atoms with E-state index in [9.17, 15) is 9.59 Å². The third-order valence-corrected chi connectivity index (χ3v) is 4.24. The molecule has 4 aromatic rings. The summed E-state index contributed by atoms with van der Waals surface area (Å²) in [6, 6.07) is 11.7. The number of nitrogens with one attached hydrogen (secondary N) is 1. The van der Waals surface area contributed by atoms with Crippen LogP contribution in [0.5, 0.6) is 5.75 Å². The van der Waals surface area contributed by atoms with Gasteiger partial charge in [-0.05, 0) is 41.9 Å². The van der Waals surface area contributed by atoms with Gasteiger partial charge in [-0.1, -0.05) is 0 Å². The van der Waals surface area contributed by atoms with Crippen LogP contribution in [0.4, 0.5) is 5.00 Å². The molecule has 124 valence electrons. The van der Waals surface area contributed by atoms with E-state index < -0.39 is 5.63 Å². The van der Waals surface area contributed by atoms with Gasteiger partial charge in [0.2, 0.25) is 0 Å². The van der Waals surface area contributed by atoms with Gasteiger partial charge in [0, 0.05) is 23.7 Å². The zero-order valence-electron chi connectivity index (χ0n) is 12.8. The Labute approximate surface area is 145 Å². The van der Waals surface area contributed by atoms with Crippen LogP contribution in [-0.4, -0.2) is 21.9 Å². The highest BCUT2D eigenvalue weighted by Crippen LogP contribution is 2.26. The van der Waals surface area contributed by atoms with E-state index in [1.165, 1.54) is 17.6 Å². The number of benzene rings is 1. The summed E-state index contributed by atoms with van der Waals surface area (Å²) in [5.41, 5.74) is 0.561. The second-order valence-corrected chi connectivity index (χ2v) is 5.95. The molecule has 3 heterocycles. The fourth-order valence-electron chi connectivity index (χ4n) is 2.32. The van der Waals surface area contributed by atoms with Crippen molar-refractivity contribution in [2.45, 2.75) is 0 Å². The van der Waals surface area contributed by atoms with Crippen LogP contribution in [0.1, 0.15) is 0 Å². The molecule has 0 aliphatic heterocycles. The van der Waals surface area contributed by atoms with Crippen molar-refractivity contribution in [1.29, 1.82) is 0 Å². The Morgan fingerprint density at radius 1 is 1.24 bits per heavy atom. The van der Waals surface area contributed by atoms with Gasteiger partial charge in [-0.25, -0.2) is 9.78 Å².